The lowest BCUT2D eigenvalue weighted by atomic mass is 9.99. The van der Waals surface area contributed by atoms with Crippen molar-refractivity contribution in [2.45, 2.75) is 25.7 Å². The Hall–Kier alpha value is -4.42. The summed E-state index contributed by atoms with van der Waals surface area (Å²) in [6.07, 6.45) is 4.68. The summed E-state index contributed by atoms with van der Waals surface area (Å²) >= 11 is 0. The Morgan fingerprint density at radius 2 is 1.33 bits per heavy atom. The molecule has 0 aliphatic carbocycles. The summed E-state index contributed by atoms with van der Waals surface area (Å²) < 4.78 is 0. The van der Waals surface area contributed by atoms with Crippen LogP contribution in [0.25, 0.3) is 11.1 Å². The molecule has 2 amide bonds. The van der Waals surface area contributed by atoms with Crippen LogP contribution < -0.4 is 15.1 Å². The van der Waals surface area contributed by atoms with Crippen molar-refractivity contribution in [3.63, 3.8) is 0 Å². The molecule has 6 rings (SSSR count). The van der Waals surface area contributed by atoms with Gasteiger partial charge in [0.25, 0.3) is 11.8 Å². The van der Waals surface area contributed by atoms with Crippen molar-refractivity contribution in [2.75, 3.05) is 54.4 Å². The van der Waals surface area contributed by atoms with E-state index in [1.54, 1.807) is 0 Å². The van der Waals surface area contributed by atoms with Crippen LogP contribution in [0.1, 0.15) is 46.4 Å². The molecule has 6 nitrogen and oxygen atoms in total. The third-order valence-corrected chi connectivity index (χ3v) is 8.32. The molecule has 214 valence electrons. The summed E-state index contributed by atoms with van der Waals surface area (Å²) in [6.45, 7) is 6.20. The SMILES string of the molecule is O=C(Nc1ccc(C(=O)N2CCCN(CCCN3CCCC3)c3ccccc32)cc1)c1ccccc1-c1ccccc1. The van der Waals surface area contributed by atoms with Crippen LogP contribution in [0.5, 0.6) is 0 Å². The molecule has 0 aromatic heterocycles. The van der Waals surface area contributed by atoms with E-state index in [9.17, 15) is 9.59 Å². The van der Waals surface area contributed by atoms with Crippen molar-refractivity contribution < 1.29 is 9.59 Å². The van der Waals surface area contributed by atoms with Crippen molar-refractivity contribution in [2.24, 2.45) is 0 Å². The molecule has 1 fully saturated rings. The number of amides is 2. The van der Waals surface area contributed by atoms with Crippen LogP contribution in [-0.4, -0.2) is 56.0 Å². The first-order valence-electron chi connectivity index (χ1n) is 15.1. The molecule has 2 aliphatic rings. The summed E-state index contributed by atoms with van der Waals surface area (Å²) in [5.41, 5.74) is 5.84. The Labute approximate surface area is 248 Å². The fourth-order valence-electron chi connectivity index (χ4n) is 6.16. The van der Waals surface area contributed by atoms with Crippen LogP contribution in [0, 0.1) is 0 Å². The van der Waals surface area contributed by atoms with Crippen molar-refractivity contribution >= 4 is 28.9 Å². The summed E-state index contributed by atoms with van der Waals surface area (Å²) in [6, 6.07) is 33.0. The Bertz CT molecular complexity index is 1510. The van der Waals surface area contributed by atoms with E-state index in [2.05, 4.69) is 33.3 Å². The minimum atomic E-state index is -0.181. The lowest BCUT2D eigenvalue weighted by Gasteiger charge is -2.27. The smallest absolute Gasteiger partial charge is 0.258 e. The normalized spacial score (nSPS) is 15.2. The highest BCUT2D eigenvalue weighted by Gasteiger charge is 2.25. The first-order chi connectivity index (χ1) is 20.7. The predicted octanol–water partition coefficient (Wildman–Crippen LogP) is 6.95. The topological polar surface area (TPSA) is 55.9 Å². The molecule has 0 spiro atoms. The van der Waals surface area contributed by atoms with E-state index < -0.39 is 0 Å². The molecule has 4 aromatic rings. The molecule has 42 heavy (non-hydrogen) atoms. The van der Waals surface area contributed by atoms with Crippen LogP contribution >= 0.6 is 0 Å². The van der Waals surface area contributed by atoms with Crippen molar-refractivity contribution in [3.8, 4) is 11.1 Å². The number of carbonyl (C=O) groups is 2. The average molecular weight is 559 g/mol. The molecule has 0 bridgehead atoms. The van der Waals surface area contributed by atoms with Crippen LogP contribution in [-0.2, 0) is 0 Å². The van der Waals surface area contributed by atoms with E-state index in [1.165, 1.54) is 25.9 Å². The van der Waals surface area contributed by atoms with Gasteiger partial charge in [0.1, 0.15) is 0 Å². The average Bonchev–Trinajstić information content (AvgIpc) is 3.49. The van der Waals surface area contributed by atoms with Crippen molar-refractivity contribution in [1.29, 1.82) is 0 Å². The van der Waals surface area contributed by atoms with Gasteiger partial charge in [-0.15, -0.1) is 0 Å². The monoisotopic (exact) mass is 558 g/mol. The second-order valence-electron chi connectivity index (χ2n) is 11.1. The number of nitrogens with one attached hydrogen (secondary N) is 1. The number of rotatable bonds is 8. The van der Waals surface area contributed by atoms with Crippen molar-refractivity contribution in [3.05, 3.63) is 114 Å². The number of hydrogen-bond acceptors (Lipinski definition) is 4. The standard InChI is InChI=1S/C36H38N4O2/c41-35(32-15-5-4-14-31(32)28-12-2-1-3-13-28)37-30-20-18-29(19-21-30)36(42)40-27-11-26-39(33-16-6-7-17-34(33)40)25-10-24-38-22-8-9-23-38/h1-7,12-21H,8-11,22-27H2,(H,37,41). The van der Waals surface area contributed by atoms with E-state index in [0.29, 0.717) is 23.4 Å². The first kappa shape index (κ1) is 27.7. The third-order valence-electron chi connectivity index (χ3n) is 8.32. The van der Waals surface area contributed by atoms with Crippen LogP contribution in [0.2, 0.25) is 0 Å². The molecular formula is C36H38N4O2. The summed E-state index contributed by atoms with van der Waals surface area (Å²) in [7, 11) is 0. The van der Waals surface area contributed by atoms with Gasteiger partial charge in [0, 0.05) is 36.4 Å². The molecule has 0 radical (unpaired) electrons. The van der Waals surface area contributed by atoms with Gasteiger partial charge in [-0.3, -0.25) is 9.59 Å². The number of carbonyl (C=O) groups excluding carboxylic acids is 2. The van der Waals surface area contributed by atoms with E-state index in [1.807, 2.05) is 89.8 Å². The second kappa shape index (κ2) is 13.0. The Morgan fingerprint density at radius 1 is 0.643 bits per heavy atom. The zero-order chi connectivity index (χ0) is 28.7. The van der Waals surface area contributed by atoms with E-state index in [4.69, 9.17) is 0 Å². The highest BCUT2D eigenvalue weighted by atomic mass is 16.2. The van der Waals surface area contributed by atoms with Gasteiger partial charge in [-0.05, 0) is 98.9 Å². The van der Waals surface area contributed by atoms with Crippen LogP contribution in [0.4, 0.5) is 17.1 Å². The van der Waals surface area contributed by atoms with E-state index >= 15 is 0 Å². The highest BCUT2D eigenvalue weighted by molar-refractivity contribution is 6.10. The number of anilines is 3. The lowest BCUT2D eigenvalue weighted by molar-refractivity contribution is 0.0986. The molecule has 1 N–H and O–H groups in total. The molecule has 2 aliphatic heterocycles. The largest absolute Gasteiger partial charge is 0.370 e. The van der Waals surface area contributed by atoms with Gasteiger partial charge < -0.3 is 20.0 Å². The van der Waals surface area contributed by atoms with Gasteiger partial charge in [0.2, 0.25) is 0 Å². The number of hydrogen-bond donors (Lipinski definition) is 1. The Kier molecular flexibility index (Phi) is 8.61. The van der Waals surface area contributed by atoms with E-state index in [-0.39, 0.29) is 11.8 Å². The molecular weight excluding hydrogens is 520 g/mol. The van der Waals surface area contributed by atoms with Gasteiger partial charge in [-0.2, -0.15) is 0 Å². The molecule has 2 heterocycles. The minimum absolute atomic E-state index is 0.0198. The number of nitrogens with zero attached hydrogens (tertiary/aromatic N) is 3. The molecule has 6 heteroatoms. The maximum atomic E-state index is 13.8. The predicted molar refractivity (Wildman–Crippen MR) is 172 cm³/mol. The van der Waals surface area contributed by atoms with Gasteiger partial charge in [0.05, 0.1) is 11.4 Å². The molecule has 4 aromatic carbocycles. The van der Waals surface area contributed by atoms with Gasteiger partial charge in [-0.25, -0.2) is 0 Å². The highest BCUT2D eigenvalue weighted by Crippen LogP contribution is 2.33. The Balaban J connectivity index is 1.14. The minimum Gasteiger partial charge on any atom is -0.370 e. The lowest BCUT2D eigenvalue weighted by Crippen LogP contribution is -2.31. The van der Waals surface area contributed by atoms with E-state index in [0.717, 1.165) is 55.0 Å². The zero-order valence-electron chi connectivity index (χ0n) is 24.0. The quantitative estimate of drug-likeness (QED) is 0.254. The maximum Gasteiger partial charge on any atom is 0.258 e. The summed E-state index contributed by atoms with van der Waals surface area (Å²) in [4.78, 5) is 33.9. The molecule has 0 saturated carbocycles. The molecule has 1 saturated heterocycles. The Morgan fingerprint density at radius 3 is 2.12 bits per heavy atom. The molecule has 0 atom stereocenters. The van der Waals surface area contributed by atoms with Crippen molar-refractivity contribution in [1.82, 2.24) is 4.90 Å². The number of fused-ring (bicyclic) bond motifs is 1. The summed E-state index contributed by atoms with van der Waals surface area (Å²) in [5, 5.41) is 3.01. The fourth-order valence-corrected chi connectivity index (χ4v) is 6.16. The fraction of sp³-hybridized carbons (Fsp3) is 0.278. The number of para-hydroxylation sites is 2. The number of likely N-dealkylation sites (tertiary alicyclic amines) is 1. The van der Waals surface area contributed by atoms with Gasteiger partial charge in [0.15, 0.2) is 0 Å². The van der Waals surface area contributed by atoms with Gasteiger partial charge in [-0.1, -0.05) is 60.7 Å². The van der Waals surface area contributed by atoms with Crippen LogP contribution in [0.15, 0.2) is 103 Å². The second-order valence-corrected chi connectivity index (χ2v) is 11.1. The number of benzene rings is 4. The van der Waals surface area contributed by atoms with Gasteiger partial charge >= 0.3 is 0 Å². The third kappa shape index (κ3) is 6.24. The first-order valence-corrected chi connectivity index (χ1v) is 15.1. The van der Waals surface area contributed by atoms with Crippen LogP contribution in [0.3, 0.4) is 0 Å². The maximum absolute atomic E-state index is 13.8. The summed E-state index contributed by atoms with van der Waals surface area (Å²) in [5.74, 6) is -0.200. The zero-order valence-corrected chi connectivity index (χ0v) is 24.0. The molecule has 0 unspecified atom stereocenters.